The molecule has 1 aromatic rings. The number of hydrogen-bond donors (Lipinski definition) is 0. The third-order valence-electron chi connectivity index (χ3n) is 3.66. The normalized spacial score (nSPS) is 14.0. The van der Waals surface area contributed by atoms with Crippen LogP contribution in [-0.2, 0) is 0 Å². The predicted molar refractivity (Wildman–Crippen MR) is 82.3 cm³/mol. The van der Waals surface area contributed by atoms with Gasteiger partial charge >= 0.3 is 0 Å². The maximum Gasteiger partial charge on any atom is -0.0111 e. The van der Waals surface area contributed by atoms with Gasteiger partial charge in [-0.05, 0) is 52.3 Å². The Morgan fingerprint density at radius 3 is 2.28 bits per heavy atom. The number of fused-ring (bicyclic) bond motifs is 1. The van der Waals surface area contributed by atoms with E-state index in [-0.39, 0.29) is 0 Å². The zero-order valence-electron chi connectivity index (χ0n) is 11.6. The summed E-state index contributed by atoms with van der Waals surface area (Å²) >= 11 is 0. The summed E-state index contributed by atoms with van der Waals surface area (Å²) in [5.74, 6) is 0. The maximum atomic E-state index is 4.30. The quantitative estimate of drug-likeness (QED) is 0.616. The Morgan fingerprint density at radius 1 is 1.00 bits per heavy atom. The van der Waals surface area contributed by atoms with Crippen LogP contribution in [0.3, 0.4) is 0 Å². The van der Waals surface area contributed by atoms with E-state index in [9.17, 15) is 0 Å². The molecule has 0 N–H and O–H groups in total. The maximum absolute atomic E-state index is 4.30. The summed E-state index contributed by atoms with van der Waals surface area (Å²) in [6.45, 7) is 12.6. The fourth-order valence-electron chi connectivity index (χ4n) is 2.80. The largest absolute Gasteiger partial charge is 0.0985 e. The summed E-state index contributed by atoms with van der Waals surface area (Å²) in [4.78, 5) is 0. The lowest BCUT2D eigenvalue weighted by Gasteiger charge is -2.07. The van der Waals surface area contributed by atoms with E-state index in [1.54, 1.807) is 0 Å². The van der Waals surface area contributed by atoms with Gasteiger partial charge in [0.2, 0.25) is 0 Å². The van der Waals surface area contributed by atoms with Gasteiger partial charge in [-0.2, -0.15) is 0 Å². The minimum absolute atomic E-state index is 1.15. The molecule has 0 aliphatic heterocycles. The first-order valence-electron chi connectivity index (χ1n) is 6.91. The second-order valence-electron chi connectivity index (χ2n) is 4.94. The average molecular weight is 238 g/mol. The van der Waals surface area contributed by atoms with Crippen LogP contribution in [0.25, 0.3) is 17.2 Å². The predicted octanol–water partition coefficient (Wildman–Crippen LogP) is 5.71. The molecule has 0 spiro atoms. The highest BCUT2D eigenvalue weighted by molar-refractivity contribution is 5.99. The van der Waals surface area contributed by atoms with E-state index >= 15 is 0 Å². The molecule has 0 amide bonds. The van der Waals surface area contributed by atoms with Gasteiger partial charge in [0.1, 0.15) is 0 Å². The third kappa shape index (κ3) is 2.08. The van der Waals surface area contributed by atoms with Crippen LogP contribution >= 0.6 is 0 Å². The van der Waals surface area contributed by atoms with Gasteiger partial charge in [0.05, 0.1) is 0 Å². The first-order valence-corrected chi connectivity index (χ1v) is 6.91. The fourth-order valence-corrected chi connectivity index (χ4v) is 2.80. The molecule has 0 heterocycles. The van der Waals surface area contributed by atoms with Crippen molar-refractivity contribution in [3.05, 3.63) is 53.6 Å². The molecule has 2 rings (SSSR count). The van der Waals surface area contributed by atoms with Crippen LogP contribution in [0.15, 0.2) is 36.9 Å². The molecule has 1 aromatic carbocycles. The Hall–Kier alpha value is -1.56. The van der Waals surface area contributed by atoms with Crippen LogP contribution in [0.1, 0.15) is 56.2 Å². The molecule has 0 aromatic heterocycles. The first kappa shape index (κ1) is 12.9. The van der Waals surface area contributed by atoms with E-state index < -0.39 is 0 Å². The Labute approximate surface area is 111 Å². The Bertz CT molecular complexity index is 515. The average Bonchev–Trinajstić information content (AvgIpc) is 2.65. The Balaban J connectivity index is 2.54. The van der Waals surface area contributed by atoms with Crippen molar-refractivity contribution >= 4 is 17.2 Å². The molecule has 0 saturated heterocycles. The number of benzene rings is 1. The molecule has 0 radical (unpaired) electrons. The van der Waals surface area contributed by atoms with Crippen LogP contribution in [0.5, 0.6) is 0 Å². The lowest BCUT2D eigenvalue weighted by Crippen LogP contribution is -1.86. The van der Waals surface area contributed by atoms with Gasteiger partial charge in [0, 0.05) is 0 Å². The molecule has 0 unspecified atom stereocenters. The van der Waals surface area contributed by atoms with Crippen molar-refractivity contribution in [1.29, 1.82) is 0 Å². The minimum atomic E-state index is 1.15. The van der Waals surface area contributed by atoms with Gasteiger partial charge in [-0.1, -0.05) is 58.1 Å². The highest BCUT2D eigenvalue weighted by Gasteiger charge is 2.23. The molecule has 0 fully saturated rings. The molecule has 1 aliphatic carbocycles. The molecular formula is C18H22. The molecular weight excluding hydrogens is 216 g/mol. The summed E-state index contributed by atoms with van der Waals surface area (Å²) in [7, 11) is 0. The number of allylic oxidation sites excluding steroid dienone is 3. The summed E-state index contributed by atoms with van der Waals surface area (Å²) in [6.07, 6.45) is 6.59. The van der Waals surface area contributed by atoms with Crippen LogP contribution < -0.4 is 0 Å². The van der Waals surface area contributed by atoms with Crippen molar-refractivity contribution in [2.45, 2.75) is 39.5 Å². The highest BCUT2D eigenvalue weighted by Crippen LogP contribution is 2.44. The second-order valence-corrected chi connectivity index (χ2v) is 4.94. The van der Waals surface area contributed by atoms with Crippen molar-refractivity contribution in [2.75, 3.05) is 0 Å². The summed E-state index contributed by atoms with van der Waals surface area (Å²) in [5, 5.41) is 0. The van der Waals surface area contributed by atoms with Crippen LogP contribution in [-0.4, -0.2) is 0 Å². The van der Waals surface area contributed by atoms with Crippen LogP contribution in [0.4, 0.5) is 0 Å². The van der Waals surface area contributed by atoms with Gasteiger partial charge in [-0.15, -0.1) is 0 Å². The monoisotopic (exact) mass is 238 g/mol. The Kier molecular flexibility index (Phi) is 3.86. The van der Waals surface area contributed by atoms with E-state index in [0.29, 0.717) is 0 Å². The molecule has 0 atom stereocenters. The van der Waals surface area contributed by atoms with E-state index in [4.69, 9.17) is 0 Å². The fraction of sp³-hybridized carbons (Fsp3) is 0.333. The van der Waals surface area contributed by atoms with Crippen molar-refractivity contribution in [2.24, 2.45) is 0 Å². The van der Waals surface area contributed by atoms with E-state index in [1.165, 1.54) is 46.3 Å². The van der Waals surface area contributed by atoms with E-state index in [2.05, 4.69) is 45.2 Å². The lowest BCUT2D eigenvalue weighted by molar-refractivity contribution is 0.915. The molecule has 18 heavy (non-hydrogen) atoms. The van der Waals surface area contributed by atoms with Gasteiger partial charge in [-0.3, -0.25) is 0 Å². The van der Waals surface area contributed by atoms with Crippen molar-refractivity contribution < 1.29 is 0 Å². The molecule has 0 bridgehead atoms. The van der Waals surface area contributed by atoms with E-state index in [1.807, 2.05) is 6.08 Å². The van der Waals surface area contributed by atoms with Crippen LogP contribution in [0.2, 0.25) is 0 Å². The standard InChI is InChI=1S/C18H22/c1-5-8-15-13(4)16-11-10-14(7-3)12-18(16)17(15)9-6-2/h7,10-12H,3-6,8-9H2,1-2H3. The summed E-state index contributed by atoms with van der Waals surface area (Å²) < 4.78 is 0. The smallest absolute Gasteiger partial charge is 0.0111 e. The zero-order valence-corrected chi connectivity index (χ0v) is 11.6. The SMILES string of the molecule is C=Cc1ccc2c(c1)C(CCC)=C(CCC)C2=C. The van der Waals surface area contributed by atoms with Crippen molar-refractivity contribution in [3.63, 3.8) is 0 Å². The lowest BCUT2D eigenvalue weighted by atomic mass is 9.98. The summed E-state index contributed by atoms with van der Waals surface area (Å²) in [6, 6.07) is 6.60. The first-order chi connectivity index (χ1) is 8.72. The molecule has 0 heteroatoms. The van der Waals surface area contributed by atoms with Crippen molar-refractivity contribution in [1.82, 2.24) is 0 Å². The number of hydrogen-bond acceptors (Lipinski definition) is 0. The minimum Gasteiger partial charge on any atom is -0.0985 e. The van der Waals surface area contributed by atoms with Gasteiger partial charge < -0.3 is 0 Å². The summed E-state index contributed by atoms with van der Waals surface area (Å²) in [5.41, 5.74) is 8.16. The highest BCUT2D eigenvalue weighted by atomic mass is 14.3. The molecule has 94 valence electrons. The molecule has 0 saturated carbocycles. The zero-order chi connectivity index (χ0) is 13.1. The second kappa shape index (κ2) is 5.39. The topological polar surface area (TPSA) is 0 Å². The molecule has 0 nitrogen and oxygen atoms in total. The molecule has 1 aliphatic rings. The Morgan fingerprint density at radius 2 is 1.67 bits per heavy atom. The van der Waals surface area contributed by atoms with Gasteiger partial charge in [0.15, 0.2) is 0 Å². The van der Waals surface area contributed by atoms with Gasteiger partial charge in [0.25, 0.3) is 0 Å². The van der Waals surface area contributed by atoms with Crippen LogP contribution in [0, 0.1) is 0 Å². The number of rotatable bonds is 5. The van der Waals surface area contributed by atoms with Gasteiger partial charge in [-0.25, -0.2) is 0 Å². The third-order valence-corrected chi connectivity index (χ3v) is 3.66. The van der Waals surface area contributed by atoms with Crippen molar-refractivity contribution in [3.8, 4) is 0 Å². The van der Waals surface area contributed by atoms with E-state index in [0.717, 1.165) is 12.8 Å².